The maximum absolute atomic E-state index is 10.9. The monoisotopic (exact) mass is 251 g/mol. The lowest BCUT2D eigenvalue weighted by atomic mass is 10.0. The minimum atomic E-state index is -0.472. The van der Waals surface area contributed by atoms with Gasteiger partial charge in [0.15, 0.2) is 11.5 Å². The molecule has 0 unspecified atom stereocenters. The highest BCUT2D eigenvalue weighted by Gasteiger charge is 2.13. The molecule has 18 heavy (non-hydrogen) atoms. The SMILES string of the molecule is Cc1cc2c(cc1CCNC(=O)CO)OCCO2. The van der Waals surface area contributed by atoms with E-state index in [1.807, 2.05) is 19.1 Å². The van der Waals surface area contributed by atoms with Crippen LogP contribution in [0.25, 0.3) is 0 Å². The number of carbonyl (C=O) groups excluding carboxylic acids is 1. The molecule has 2 N–H and O–H groups in total. The smallest absolute Gasteiger partial charge is 0.245 e. The molecule has 98 valence electrons. The van der Waals surface area contributed by atoms with Gasteiger partial charge >= 0.3 is 0 Å². The quantitative estimate of drug-likeness (QED) is 0.813. The largest absolute Gasteiger partial charge is 0.486 e. The molecule has 1 heterocycles. The van der Waals surface area contributed by atoms with Crippen LogP contribution in [0.4, 0.5) is 0 Å². The number of rotatable bonds is 4. The van der Waals surface area contributed by atoms with Gasteiger partial charge in [0.05, 0.1) is 0 Å². The fraction of sp³-hybridized carbons (Fsp3) is 0.462. The van der Waals surface area contributed by atoms with Crippen LogP contribution in [0.1, 0.15) is 11.1 Å². The second kappa shape index (κ2) is 5.73. The van der Waals surface area contributed by atoms with Gasteiger partial charge in [0.1, 0.15) is 19.8 Å². The molecule has 0 radical (unpaired) electrons. The van der Waals surface area contributed by atoms with Crippen LogP contribution in [0, 0.1) is 6.92 Å². The Labute approximate surface area is 106 Å². The van der Waals surface area contributed by atoms with Crippen LogP contribution in [-0.4, -0.2) is 37.4 Å². The number of aliphatic hydroxyl groups excluding tert-OH is 1. The van der Waals surface area contributed by atoms with Crippen LogP contribution in [0.3, 0.4) is 0 Å². The lowest BCUT2D eigenvalue weighted by Crippen LogP contribution is -2.28. The summed E-state index contributed by atoms with van der Waals surface area (Å²) in [7, 11) is 0. The Balaban J connectivity index is 2.02. The molecule has 1 amide bonds. The lowest BCUT2D eigenvalue weighted by Gasteiger charge is -2.20. The zero-order chi connectivity index (χ0) is 13.0. The van der Waals surface area contributed by atoms with E-state index < -0.39 is 6.61 Å². The molecule has 0 bridgehead atoms. The van der Waals surface area contributed by atoms with Crippen molar-refractivity contribution in [2.24, 2.45) is 0 Å². The summed E-state index contributed by atoms with van der Waals surface area (Å²) < 4.78 is 11.0. The van der Waals surface area contributed by atoms with Crippen LogP contribution >= 0.6 is 0 Å². The predicted octanol–water partition coefficient (Wildman–Crippen LogP) is 0.417. The van der Waals surface area contributed by atoms with E-state index in [4.69, 9.17) is 14.6 Å². The molecule has 0 aromatic heterocycles. The summed E-state index contributed by atoms with van der Waals surface area (Å²) in [5.41, 5.74) is 2.22. The third kappa shape index (κ3) is 2.92. The number of nitrogens with one attached hydrogen (secondary N) is 1. The number of hydrogen-bond donors (Lipinski definition) is 2. The molecular weight excluding hydrogens is 234 g/mol. The Morgan fingerprint density at radius 3 is 2.67 bits per heavy atom. The molecular formula is C13H17NO4. The number of ether oxygens (including phenoxy) is 2. The van der Waals surface area contributed by atoms with E-state index in [0.29, 0.717) is 26.2 Å². The molecule has 5 heteroatoms. The van der Waals surface area contributed by atoms with Crippen LogP contribution in [0.2, 0.25) is 0 Å². The Morgan fingerprint density at radius 1 is 1.33 bits per heavy atom. The van der Waals surface area contributed by atoms with Gasteiger partial charge in [-0.3, -0.25) is 4.79 Å². The summed E-state index contributed by atoms with van der Waals surface area (Å²) in [6.45, 7) is 3.18. The first-order valence-corrected chi connectivity index (χ1v) is 5.97. The van der Waals surface area contributed by atoms with E-state index in [9.17, 15) is 4.79 Å². The van der Waals surface area contributed by atoms with Crippen molar-refractivity contribution in [1.82, 2.24) is 5.32 Å². The number of carbonyl (C=O) groups is 1. The molecule has 0 atom stereocenters. The van der Waals surface area contributed by atoms with Crippen LogP contribution in [0.5, 0.6) is 11.5 Å². The number of hydrogen-bond acceptors (Lipinski definition) is 4. The normalized spacial score (nSPS) is 13.2. The topological polar surface area (TPSA) is 67.8 Å². The van der Waals surface area contributed by atoms with Crippen molar-refractivity contribution < 1.29 is 19.4 Å². The minimum absolute atomic E-state index is 0.356. The molecule has 5 nitrogen and oxygen atoms in total. The molecule has 0 spiro atoms. The fourth-order valence-corrected chi connectivity index (χ4v) is 1.89. The predicted molar refractivity (Wildman–Crippen MR) is 66.0 cm³/mol. The number of benzene rings is 1. The third-order valence-corrected chi connectivity index (χ3v) is 2.86. The first-order chi connectivity index (χ1) is 8.70. The van der Waals surface area contributed by atoms with Gasteiger partial charge < -0.3 is 19.9 Å². The average molecular weight is 251 g/mol. The zero-order valence-electron chi connectivity index (χ0n) is 10.4. The summed E-state index contributed by atoms with van der Waals surface area (Å²) in [6.07, 6.45) is 0.703. The molecule has 1 aliphatic heterocycles. The van der Waals surface area contributed by atoms with Crippen molar-refractivity contribution in [1.29, 1.82) is 0 Å². The summed E-state index contributed by atoms with van der Waals surface area (Å²) in [5, 5.41) is 11.2. The van der Waals surface area contributed by atoms with Crippen molar-refractivity contribution in [3.63, 3.8) is 0 Å². The van der Waals surface area contributed by atoms with Gasteiger partial charge in [-0.15, -0.1) is 0 Å². The Bertz CT molecular complexity index is 445. The van der Waals surface area contributed by atoms with Crippen molar-refractivity contribution >= 4 is 5.91 Å². The van der Waals surface area contributed by atoms with E-state index >= 15 is 0 Å². The van der Waals surface area contributed by atoms with Crippen LogP contribution in [0.15, 0.2) is 12.1 Å². The van der Waals surface area contributed by atoms with Gasteiger partial charge in [-0.1, -0.05) is 0 Å². The highest BCUT2D eigenvalue weighted by atomic mass is 16.6. The van der Waals surface area contributed by atoms with E-state index in [1.165, 1.54) is 0 Å². The molecule has 2 rings (SSSR count). The van der Waals surface area contributed by atoms with Gasteiger partial charge in [-0.05, 0) is 36.6 Å². The van der Waals surface area contributed by atoms with E-state index in [1.54, 1.807) is 0 Å². The number of aliphatic hydroxyl groups is 1. The summed E-state index contributed by atoms with van der Waals surface area (Å²) >= 11 is 0. The Morgan fingerprint density at radius 2 is 2.00 bits per heavy atom. The molecule has 1 aromatic rings. The van der Waals surface area contributed by atoms with Crippen molar-refractivity contribution in [2.45, 2.75) is 13.3 Å². The maximum atomic E-state index is 10.9. The maximum Gasteiger partial charge on any atom is 0.245 e. The van der Waals surface area contributed by atoms with Crippen molar-refractivity contribution in [3.8, 4) is 11.5 Å². The van der Waals surface area contributed by atoms with Gasteiger partial charge in [0.25, 0.3) is 0 Å². The summed E-state index contributed by atoms with van der Waals surface area (Å²) in [4.78, 5) is 10.9. The summed E-state index contributed by atoms with van der Waals surface area (Å²) in [6, 6.07) is 3.91. The number of aryl methyl sites for hydroxylation is 1. The number of amides is 1. The second-order valence-electron chi connectivity index (χ2n) is 4.18. The minimum Gasteiger partial charge on any atom is -0.486 e. The van der Waals surface area contributed by atoms with E-state index in [-0.39, 0.29) is 5.91 Å². The highest BCUT2D eigenvalue weighted by Crippen LogP contribution is 2.32. The molecule has 0 saturated carbocycles. The fourth-order valence-electron chi connectivity index (χ4n) is 1.89. The van der Waals surface area contributed by atoms with E-state index in [0.717, 1.165) is 22.6 Å². The first kappa shape index (κ1) is 12.7. The zero-order valence-corrected chi connectivity index (χ0v) is 10.4. The van der Waals surface area contributed by atoms with Crippen LogP contribution < -0.4 is 14.8 Å². The van der Waals surface area contributed by atoms with Gasteiger partial charge in [-0.25, -0.2) is 0 Å². The Kier molecular flexibility index (Phi) is 4.04. The molecule has 1 aromatic carbocycles. The average Bonchev–Trinajstić information content (AvgIpc) is 2.39. The Hall–Kier alpha value is -1.75. The first-order valence-electron chi connectivity index (χ1n) is 5.97. The van der Waals surface area contributed by atoms with E-state index in [2.05, 4.69) is 5.32 Å². The van der Waals surface area contributed by atoms with Crippen molar-refractivity contribution in [3.05, 3.63) is 23.3 Å². The number of fused-ring (bicyclic) bond motifs is 1. The second-order valence-corrected chi connectivity index (χ2v) is 4.18. The lowest BCUT2D eigenvalue weighted by molar-refractivity contribution is -0.123. The van der Waals surface area contributed by atoms with Gasteiger partial charge in [-0.2, -0.15) is 0 Å². The summed E-state index contributed by atoms with van der Waals surface area (Å²) in [5.74, 6) is 1.18. The molecule has 0 fully saturated rings. The molecule has 0 aliphatic carbocycles. The van der Waals surface area contributed by atoms with Gasteiger partial charge in [0, 0.05) is 6.54 Å². The van der Waals surface area contributed by atoms with Crippen molar-refractivity contribution in [2.75, 3.05) is 26.4 Å². The highest BCUT2D eigenvalue weighted by molar-refractivity contribution is 5.76. The van der Waals surface area contributed by atoms with Gasteiger partial charge in [0.2, 0.25) is 5.91 Å². The standard InChI is InChI=1S/C13H17NO4/c1-9-6-11-12(18-5-4-17-11)7-10(9)2-3-14-13(16)8-15/h6-7,15H,2-5,8H2,1H3,(H,14,16). The van der Waals surface area contributed by atoms with Crippen LogP contribution in [-0.2, 0) is 11.2 Å². The third-order valence-electron chi connectivity index (χ3n) is 2.86. The molecule has 1 aliphatic rings. The molecule has 0 saturated heterocycles.